The van der Waals surface area contributed by atoms with Crippen LogP contribution in [0, 0.1) is 0 Å². The minimum Gasteiger partial charge on any atom is -0.493 e. The molecule has 1 aliphatic rings. The van der Waals surface area contributed by atoms with Gasteiger partial charge in [0.2, 0.25) is 0 Å². The quantitative estimate of drug-likeness (QED) is 0.745. The van der Waals surface area contributed by atoms with Crippen molar-refractivity contribution in [2.75, 3.05) is 25.2 Å². The summed E-state index contributed by atoms with van der Waals surface area (Å²) in [6.07, 6.45) is -0.0746. The molecule has 136 valence electrons. The summed E-state index contributed by atoms with van der Waals surface area (Å²) in [5.41, 5.74) is 2.00. The van der Waals surface area contributed by atoms with Gasteiger partial charge < -0.3 is 19.1 Å². The highest BCUT2D eigenvalue weighted by Gasteiger charge is 2.29. The van der Waals surface area contributed by atoms with Crippen molar-refractivity contribution in [3.8, 4) is 11.5 Å². The van der Waals surface area contributed by atoms with Crippen molar-refractivity contribution in [1.82, 2.24) is 0 Å². The molecule has 1 atom stereocenters. The molecule has 0 aromatic heterocycles. The number of para-hydroxylation sites is 3. The number of amides is 1. The van der Waals surface area contributed by atoms with Crippen LogP contribution in [0.5, 0.6) is 11.5 Å². The average molecular weight is 355 g/mol. The van der Waals surface area contributed by atoms with Crippen molar-refractivity contribution in [3.63, 3.8) is 0 Å². The Labute approximate surface area is 152 Å². The predicted octanol–water partition coefficient (Wildman–Crippen LogP) is 2.60. The standard InChI is InChI=1S/C20H21NO5/c1-14(20(23)21-12-11-15-7-3-4-8-16(15)21)26-19(22)13-25-18-10-6-5-9-17(18)24-2/h3-10,14H,11-13H2,1-2H3/t14-/m0/s1. The number of nitrogens with zero attached hydrogens (tertiary/aromatic N) is 1. The fourth-order valence-electron chi connectivity index (χ4n) is 2.94. The maximum Gasteiger partial charge on any atom is 0.344 e. The second kappa shape index (κ2) is 7.91. The summed E-state index contributed by atoms with van der Waals surface area (Å²) in [5, 5.41) is 0. The molecule has 1 amide bonds. The van der Waals surface area contributed by atoms with Gasteiger partial charge in [-0.05, 0) is 37.1 Å². The molecule has 0 bridgehead atoms. The molecule has 1 aliphatic heterocycles. The Balaban J connectivity index is 1.55. The van der Waals surface area contributed by atoms with Gasteiger partial charge in [-0.15, -0.1) is 0 Å². The zero-order valence-corrected chi connectivity index (χ0v) is 14.8. The lowest BCUT2D eigenvalue weighted by molar-refractivity contribution is -0.155. The Morgan fingerprint density at radius 2 is 1.77 bits per heavy atom. The normalized spacial score (nSPS) is 13.7. The van der Waals surface area contributed by atoms with E-state index in [4.69, 9.17) is 14.2 Å². The van der Waals surface area contributed by atoms with E-state index in [1.165, 1.54) is 7.11 Å². The second-order valence-electron chi connectivity index (χ2n) is 5.94. The van der Waals surface area contributed by atoms with Gasteiger partial charge in [-0.1, -0.05) is 30.3 Å². The molecule has 0 saturated carbocycles. The lowest BCUT2D eigenvalue weighted by Gasteiger charge is -2.21. The first-order valence-electron chi connectivity index (χ1n) is 8.44. The summed E-state index contributed by atoms with van der Waals surface area (Å²) in [6, 6.07) is 14.8. The van der Waals surface area contributed by atoms with E-state index in [-0.39, 0.29) is 12.5 Å². The topological polar surface area (TPSA) is 65.1 Å². The fraction of sp³-hybridized carbons (Fsp3) is 0.300. The van der Waals surface area contributed by atoms with Crippen LogP contribution in [0.1, 0.15) is 12.5 Å². The van der Waals surface area contributed by atoms with Gasteiger partial charge in [0, 0.05) is 12.2 Å². The molecule has 0 N–H and O–H groups in total. The van der Waals surface area contributed by atoms with Crippen LogP contribution in [-0.2, 0) is 20.7 Å². The van der Waals surface area contributed by atoms with Gasteiger partial charge in [-0.3, -0.25) is 4.79 Å². The highest BCUT2D eigenvalue weighted by Crippen LogP contribution is 2.28. The number of hydrogen-bond donors (Lipinski definition) is 0. The Hall–Kier alpha value is -3.02. The zero-order chi connectivity index (χ0) is 18.5. The molecule has 3 rings (SSSR count). The van der Waals surface area contributed by atoms with E-state index in [0.717, 1.165) is 17.7 Å². The van der Waals surface area contributed by atoms with E-state index in [9.17, 15) is 9.59 Å². The van der Waals surface area contributed by atoms with E-state index < -0.39 is 12.1 Å². The summed E-state index contributed by atoms with van der Waals surface area (Å²) in [5.74, 6) is 0.127. The summed E-state index contributed by atoms with van der Waals surface area (Å²) in [6.45, 7) is 1.87. The highest BCUT2D eigenvalue weighted by atomic mass is 16.6. The first-order chi connectivity index (χ1) is 12.6. The van der Waals surface area contributed by atoms with Gasteiger partial charge in [0.05, 0.1) is 7.11 Å². The molecule has 0 saturated heterocycles. The van der Waals surface area contributed by atoms with Crippen molar-refractivity contribution in [2.24, 2.45) is 0 Å². The lowest BCUT2D eigenvalue weighted by atomic mass is 10.2. The largest absolute Gasteiger partial charge is 0.493 e. The molecule has 2 aromatic carbocycles. The Morgan fingerprint density at radius 1 is 1.08 bits per heavy atom. The van der Waals surface area contributed by atoms with E-state index in [0.29, 0.717) is 18.0 Å². The number of hydrogen-bond acceptors (Lipinski definition) is 5. The maximum absolute atomic E-state index is 12.6. The Bertz CT molecular complexity index is 804. The van der Waals surface area contributed by atoms with Crippen LogP contribution in [0.3, 0.4) is 0 Å². The summed E-state index contributed by atoms with van der Waals surface area (Å²) < 4.78 is 15.8. The smallest absolute Gasteiger partial charge is 0.344 e. The minimum atomic E-state index is -0.880. The van der Waals surface area contributed by atoms with Crippen LogP contribution in [0.4, 0.5) is 5.69 Å². The van der Waals surface area contributed by atoms with Crippen LogP contribution in [0.15, 0.2) is 48.5 Å². The molecule has 0 radical (unpaired) electrons. The van der Waals surface area contributed by atoms with Gasteiger partial charge in [0.15, 0.2) is 24.2 Å². The van der Waals surface area contributed by atoms with E-state index in [2.05, 4.69) is 0 Å². The molecule has 1 heterocycles. The molecule has 6 nitrogen and oxygen atoms in total. The van der Waals surface area contributed by atoms with E-state index in [1.54, 1.807) is 36.1 Å². The summed E-state index contributed by atoms with van der Waals surface area (Å²) in [4.78, 5) is 26.3. The van der Waals surface area contributed by atoms with Crippen molar-refractivity contribution < 1.29 is 23.8 Å². The van der Waals surface area contributed by atoms with Gasteiger partial charge in [-0.2, -0.15) is 0 Å². The van der Waals surface area contributed by atoms with Gasteiger partial charge >= 0.3 is 5.97 Å². The van der Waals surface area contributed by atoms with Gasteiger partial charge in [0.25, 0.3) is 5.91 Å². The highest BCUT2D eigenvalue weighted by molar-refractivity contribution is 5.99. The number of anilines is 1. The van der Waals surface area contributed by atoms with Crippen LogP contribution in [0.2, 0.25) is 0 Å². The lowest BCUT2D eigenvalue weighted by Crippen LogP contribution is -2.39. The number of fused-ring (bicyclic) bond motifs is 1. The minimum absolute atomic E-state index is 0.236. The third-order valence-electron chi connectivity index (χ3n) is 4.22. The third kappa shape index (κ3) is 3.79. The van der Waals surface area contributed by atoms with Crippen molar-refractivity contribution in [3.05, 3.63) is 54.1 Å². The number of esters is 1. The third-order valence-corrected chi connectivity index (χ3v) is 4.22. The van der Waals surface area contributed by atoms with Crippen LogP contribution < -0.4 is 14.4 Å². The van der Waals surface area contributed by atoms with Crippen molar-refractivity contribution >= 4 is 17.6 Å². The van der Waals surface area contributed by atoms with Crippen molar-refractivity contribution in [1.29, 1.82) is 0 Å². The SMILES string of the molecule is COc1ccccc1OCC(=O)O[C@@H](C)C(=O)N1CCc2ccccc21. The summed E-state index contributed by atoms with van der Waals surface area (Å²) in [7, 11) is 1.52. The first-order valence-corrected chi connectivity index (χ1v) is 8.44. The Morgan fingerprint density at radius 3 is 2.54 bits per heavy atom. The van der Waals surface area contributed by atoms with Crippen LogP contribution >= 0.6 is 0 Å². The molecular formula is C20H21NO5. The predicted molar refractivity (Wildman–Crippen MR) is 96.5 cm³/mol. The fourth-order valence-corrected chi connectivity index (χ4v) is 2.94. The zero-order valence-electron chi connectivity index (χ0n) is 14.8. The van der Waals surface area contributed by atoms with Crippen LogP contribution in [0.25, 0.3) is 0 Å². The first kappa shape index (κ1) is 17.8. The monoisotopic (exact) mass is 355 g/mol. The number of methoxy groups -OCH3 is 1. The molecular weight excluding hydrogens is 334 g/mol. The van der Waals surface area contributed by atoms with Gasteiger partial charge in [-0.25, -0.2) is 4.79 Å². The molecule has 0 spiro atoms. The Kier molecular flexibility index (Phi) is 5.41. The molecule has 6 heteroatoms. The number of carbonyl (C=O) groups is 2. The summed E-state index contributed by atoms with van der Waals surface area (Å²) >= 11 is 0. The molecule has 26 heavy (non-hydrogen) atoms. The number of benzene rings is 2. The van der Waals surface area contributed by atoms with Crippen molar-refractivity contribution in [2.45, 2.75) is 19.4 Å². The number of carbonyl (C=O) groups excluding carboxylic acids is 2. The number of ether oxygens (including phenoxy) is 3. The van der Waals surface area contributed by atoms with Crippen LogP contribution in [-0.4, -0.2) is 38.2 Å². The molecule has 2 aromatic rings. The maximum atomic E-state index is 12.6. The van der Waals surface area contributed by atoms with E-state index >= 15 is 0 Å². The molecule has 0 aliphatic carbocycles. The average Bonchev–Trinajstić information content (AvgIpc) is 3.10. The molecule has 0 unspecified atom stereocenters. The number of rotatable bonds is 6. The molecule has 0 fully saturated rings. The van der Waals surface area contributed by atoms with Gasteiger partial charge in [0.1, 0.15) is 0 Å². The van der Waals surface area contributed by atoms with E-state index in [1.807, 2.05) is 24.3 Å². The second-order valence-corrected chi connectivity index (χ2v) is 5.94.